The Hall–Kier alpha value is -3.09. The van der Waals surface area contributed by atoms with Crippen molar-refractivity contribution in [2.75, 3.05) is 7.15 Å². The fourth-order valence-electron chi connectivity index (χ4n) is 3.26. The van der Waals surface area contributed by atoms with Crippen molar-refractivity contribution in [1.29, 1.82) is 0 Å². The summed E-state index contributed by atoms with van der Waals surface area (Å²) in [6, 6.07) is 17.8. The number of hydrogen-bond donors (Lipinski definition) is 0. The fourth-order valence-corrected chi connectivity index (χ4v) is 3.81. The molecule has 0 aliphatic carbocycles. The smallest absolute Gasteiger partial charge is 1.00 e. The van der Waals surface area contributed by atoms with E-state index in [0.717, 1.165) is 0 Å². The Morgan fingerprint density at radius 3 is 1.89 bits per heavy atom. The number of carbonyl (C=O) groups excluding carboxylic acids is 2. The number of hydrogen-bond acceptors (Lipinski definition) is 12. The Kier molecular flexibility index (Phi) is 20.1. The van der Waals surface area contributed by atoms with Crippen LogP contribution in [-0.4, -0.2) is 44.2 Å². The van der Waals surface area contributed by atoms with Gasteiger partial charge in [0.15, 0.2) is 5.78 Å². The van der Waals surface area contributed by atoms with Gasteiger partial charge in [-0.1, -0.05) is 40.9 Å². The number of nitrogens with zero attached hydrogens (tertiary/aromatic N) is 5. The minimum Gasteiger partial charge on any atom is -1.00 e. The molecule has 236 valence electrons. The summed E-state index contributed by atoms with van der Waals surface area (Å²) in [4.78, 5) is 55.5. The first-order valence-corrected chi connectivity index (χ1v) is 12.9. The number of aromatic nitrogens is 3. The third-order valence-corrected chi connectivity index (χ3v) is 5.98. The Labute approximate surface area is 326 Å². The standard InChI is InChI=1S/C13H8Cl2N2O3.C12H6ClN3O3.CH3F.CH2O3.2Na.H/c14-12-6-3-9(13(15)16-12)7-11(18)8-1-4-10(5-2-8)17(19)20;13-10-6-5-9-12(15-10)19-11(14-9)7-1-3-8(4-2-7)16(17)18;1-2;2-1-4-3;;;/h1-6H,7H2;1-6H;1H3;1,3H;;;/q;;;;2*+1;-1/p-1/i;;1D;;;;. The number of fused-ring (bicyclic) bond motifs is 1. The largest absolute Gasteiger partial charge is 1.00 e. The maximum absolute atomic E-state index is 12.0. The second kappa shape index (κ2) is 22.5. The normalized spacial score (nSPS) is 9.60. The van der Waals surface area contributed by atoms with E-state index in [2.05, 4.69) is 19.8 Å². The van der Waals surface area contributed by atoms with E-state index in [-0.39, 0.29) is 101 Å². The van der Waals surface area contributed by atoms with E-state index >= 15 is 0 Å². The molecule has 0 spiro atoms. The van der Waals surface area contributed by atoms with E-state index in [0.29, 0.717) is 39.0 Å². The number of oxazole rings is 1. The number of pyridine rings is 2. The van der Waals surface area contributed by atoms with Crippen LogP contribution in [0.1, 0.15) is 18.7 Å². The zero-order valence-corrected chi connectivity index (χ0v) is 30.6. The van der Waals surface area contributed by atoms with Crippen molar-refractivity contribution < 1.29 is 100 Å². The molecule has 5 rings (SSSR count). The zero-order chi connectivity index (χ0) is 34.2. The van der Waals surface area contributed by atoms with Gasteiger partial charge in [-0.25, -0.2) is 9.97 Å². The van der Waals surface area contributed by atoms with Gasteiger partial charge < -0.3 is 16.0 Å². The van der Waals surface area contributed by atoms with Crippen molar-refractivity contribution in [1.82, 2.24) is 15.0 Å². The number of nitro benzene ring substituents is 2. The van der Waals surface area contributed by atoms with Crippen LogP contribution >= 0.6 is 34.8 Å². The van der Waals surface area contributed by atoms with Gasteiger partial charge in [0.25, 0.3) is 17.8 Å². The maximum atomic E-state index is 12.0. The number of rotatable bonds is 7. The van der Waals surface area contributed by atoms with Gasteiger partial charge >= 0.3 is 59.1 Å². The number of Topliss-reactive ketones (excluding diaryl/α,β-unsaturated/α-hetero) is 1. The average Bonchev–Trinajstić information content (AvgIpc) is 3.46. The first kappa shape index (κ1) is 41.9. The molecule has 47 heavy (non-hydrogen) atoms. The van der Waals surface area contributed by atoms with Crippen LogP contribution in [0.5, 0.6) is 0 Å². The van der Waals surface area contributed by atoms with Crippen LogP contribution < -0.4 is 64.4 Å². The van der Waals surface area contributed by atoms with Crippen molar-refractivity contribution in [3.63, 3.8) is 0 Å². The SMILES string of the molecule is O=C(Cc1ccc(Cl)nc1Cl)c1ccc([N+](=O)[O-])cc1.O=CO[O-].O=[N+]([O-])c1ccc(-c2nc3ccc(Cl)nc3o2)cc1.[2H]CF.[H-].[Na+].[Na+]. The van der Waals surface area contributed by atoms with Crippen LogP contribution in [0.4, 0.5) is 15.8 Å². The molecule has 0 radical (unpaired) electrons. The van der Waals surface area contributed by atoms with E-state index in [1.54, 1.807) is 36.4 Å². The molecule has 0 fully saturated rings. The number of carbonyl (C=O) groups is 2. The van der Waals surface area contributed by atoms with Crippen molar-refractivity contribution in [2.45, 2.75) is 6.42 Å². The summed E-state index contributed by atoms with van der Waals surface area (Å²) in [6.45, 7) is -0.181. The number of ketones is 1. The van der Waals surface area contributed by atoms with Gasteiger partial charge in [0, 0.05) is 41.8 Å². The molecule has 0 atom stereocenters. The Balaban J connectivity index is 0. The van der Waals surface area contributed by atoms with Gasteiger partial charge in [-0.2, -0.15) is 4.98 Å². The third-order valence-electron chi connectivity index (χ3n) is 5.23. The summed E-state index contributed by atoms with van der Waals surface area (Å²) < 4.78 is 21.0. The molecule has 0 N–H and O–H groups in total. The quantitative estimate of drug-likeness (QED) is 0.0423. The van der Waals surface area contributed by atoms with Crippen LogP contribution in [0.25, 0.3) is 22.7 Å². The molecular formula is C27H19Cl3FN5Na2O9. The average molecular weight is 730 g/mol. The molecule has 0 aliphatic rings. The minimum absolute atomic E-state index is 0. The first-order chi connectivity index (χ1) is 21.9. The fraction of sp³-hybridized carbons (Fsp3) is 0.0741. The number of nitro groups is 2. The molecule has 20 heteroatoms. The molecule has 0 bridgehead atoms. The van der Waals surface area contributed by atoms with E-state index < -0.39 is 17.0 Å². The number of benzene rings is 2. The maximum Gasteiger partial charge on any atom is 1.00 e. The zero-order valence-electron chi connectivity index (χ0n) is 26.3. The summed E-state index contributed by atoms with van der Waals surface area (Å²) in [6.07, 6.45) is 0.0564. The summed E-state index contributed by atoms with van der Waals surface area (Å²) in [7, 11) is -1.00. The molecule has 0 aliphatic heterocycles. The molecule has 3 heterocycles. The Morgan fingerprint density at radius 1 is 0.915 bits per heavy atom. The summed E-state index contributed by atoms with van der Waals surface area (Å²) in [5, 5.41) is 30.3. The number of alkyl halides is 1. The molecule has 0 unspecified atom stereocenters. The van der Waals surface area contributed by atoms with Gasteiger partial charge in [-0.15, -0.1) is 0 Å². The molecule has 0 amide bonds. The second-order valence-corrected chi connectivity index (χ2v) is 9.09. The van der Waals surface area contributed by atoms with E-state index in [4.69, 9.17) is 50.6 Å². The molecule has 5 aromatic rings. The van der Waals surface area contributed by atoms with Gasteiger partial charge in [-0.05, 0) is 48.0 Å². The molecule has 14 nitrogen and oxygen atoms in total. The van der Waals surface area contributed by atoms with E-state index in [1.807, 2.05) is 0 Å². The number of halogens is 4. The van der Waals surface area contributed by atoms with Crippen molar-refractivity contribution in [2.24, 2.45) is 0 Å². The topological polar surface area (TPSA) is 205 Å². The third kappa shape index (κ3) is 13.9. The molecule has 0 saturated heterocycles. The second-order valence-electron chi connectivity index (χ2n) is 7.96. The summed E-state index contributed by atoms with van der Waals surface area (Å²) >= 11 is 17.3. The summed E-state index contributed by atoms with van der Waals surface area (Å²) in [5.74, 6) is 0.144. The Bertz CT molecular complexity index is 1810. The number of non-ortho nitro benzene ring substituents is 2. The minimum atomic E-state index is -1.00. The van der Waals surface area contributed by atoms with Gasteiger partial charge in [-0.3, -0.25) is 34.2 Å². The molecule has 0 saturated carbocycles. The van der Waals surface area contributed by atoms with Crippen LogP contribution in [0.15, 0.2) is 77.2 Å². The molecule has 3 aromatic heterocycles. The van der Waals surface area contributed by atoms with Crippen molar-refractivity contribution in [3.05, 3.63) is 120 Å². The molecular weight excluding hydrogens is 710 g/mol. The predicted octanol–water partition coefficient (Wildman–Crippen LogP) is 0.314. The van der Waals surface area contributed by atoms with Crippen LogP contribution in [0.3, 0.4) is 0 Å². The predicted molar refractivity (Wildman–Crippen MR) is 160 cm³/mol. The van der Waals surface area contributed by atoms with Gasteiger partial charge in [0.1, 0.15) is 21.0 Å². The van der Waals surface area contributed by atoms with Crippen LogP contribution in [0, 0.1) is 20.2 Å². The van der Waals surface area contributed by atoms with Crippen LogP contribution in [0.2, 0.25) is 15.5 Å². The monoisotopic (exact) mass is 728 g/mol. The summed E-state index contributed by atoms with van der Waals surface area (Å²) in [5.41, 5.74) is 2.44. The van der Waals surface area contributed by atoms with Gasteiger partial charge in [0.05, 0.1) is 18.4 Å². The molecule has 2 aromatic carbocycles. The Morgan fingerprint density at radius 2 is 1.40 bits per heavy atom. The first-order valence-electron chi connectivity index (χ1n) is 12.5. The van der Waals surface area contributed by atoms with Gasteiger partial charge in [0.2, 0.25) is 11.6 Å². The van der Waals surface area contributed by atoms with E-state index in [9.17, 15) is 29.4 Å². The van der Waals surface area contributed by atoms with Crippen molar-refractivity contribution in [3.8, 4) is 11.5 Å². The van der Waals surface area contributed by atoms with Crippen LogP contribution in [-0.2, 0) is 16.1 Å². The van der Waals surface area contributed by atoms with Crippen molar-refractivity contribution >= 4 is 69.7 Å². The van der Waals surface area contributed by atoms with E-state index in [1.165, 1.54) is 36.4 Å².